The van der Waals surface area contributed by atoms with E-state index in [0.717, 1.165) is 37.8 Å². The van der Waals surface area contributed by atoms with Crippen LogP contribution in [-0.4, -0.2) is 25.7 Å². The van der Waals surface area contributed by atoms with Crippen molar-refractivity contribution in [1.29, 1.82) is 0 Å². The molecule has 30 heavy (non-hydrogen) atoms. The van der Waals surface area contributed by atoms with Crippen molar-refractivity contribution in [1.82, 2.24) is 19.7 Å². The Morgan fingerprint density at radius 3 is 2.33 bits per heavy atom. The second-order valence-electron chi connectivity index (χ2n) is 10.4. The molecule has 0 radical (unpaired) electrons. The average molecular weight is 408 g/mol. The number of H-pyrrole nitrogens is 1. The summed E-state index contributed by atoms with van der Waals surface area (Å²) in [5.41, 5.74) is 1.85. The number of aromatic amines is 1. The Kier molecular flexibility index (Phi) is 3.84. The third-order valence-electron chi connectivity index (χ3n) is 8.07. The van der Waals surface area contributed by atoms with Gasteiger partial charge in [-0.15, -0.1) is 0 Å². The molecule has 7 rings (SSSR count). The molecule has 4 bridgehead atoms. The molecule has 0 saturated heterocycles. The van der Waals surface area contributed by atoms with Gasteiger partial charge in [-0.1, -0.05) is 0 Å². The fraction of sp³-hybridized carbons (Fsp3) is 0.652. The lowest BCUT2D eigenvalue weighted by atomic mass is 9.49. The maximum absolute atomic E-state index is 13.6. The summed E-state index contributed by atoms with van der Waals surface area (Å²) in [7, 11) is 0. The molecule has 0 aromatic carbocycles. The molecule has 0 aliphatic heterocycles. The number of amides is 1. The molecule has 2 N–H and O–H groups in total. The van der Waals surface area contributed by atoms with Crippen molar-refractivity contribution in [3.8, 4) is 5.95 Å². The molecular weight excluding hydrogens is 378 g/mol. The molecule has 5 aliphatic carbocycles. The van der Waals surface area contributed by atoms with E-state index >= 15 is 0 Å². The van der Waals surface area contributed by atoms with Crippen molar-refractivity contribution in [2.24, 2.45) is 23.2 Å². The summed E-state index contributed by atoms with van der Waals surface area (Å²) in [6.45, 7) is 3.59. The normalized spacial score (nSPS) is 31.9. The van der Waals surface area contributed by atoms with Crippen molar-refractivity contribution in [2.45, 2.75) is 71.1 Å². The van der Waals surface area contributed by atoms with Gasteiger partial charge in [-0.05, 0) is 83.0 Å². The minimum Gasteiger partial charge on any atom is -0.310 e. The van der Waals surface area contributed by atoms with Gasteiger partial charge in [0.05, 0.1) is 11.1 Å². The molecule has 5 saturated carbocycles. The van der Waals surface area contributed by atoms with Crippen LogP contribution in [0.1, 0.15) is 74.2 Å². The zero-order valence-corrected chi connectivity index (χ0v) is 17.7. The summed E-state index contributed by atoms with van der Waals surface area (Å²) in [6, 6.07) is 1.98. The van der Waals surface area contributed by atoms with Gasteiger partial charge in [0.15, 0.2) is 0 Å². The van der Waals surface area contributed by atoms with Crippen LogP contribution in [0.3, 0.4) is 0 Å². The summed E-state index contributed by atoms with van der Waals surface area (Å²) in [6.07, 6.45) is 9.23. The third-order valence-corrected chi connectivity index (χ3v) is 8.07. The summed E-state index contributed by atoms with van der Waals surface area (Å²) in [4.78, 5) is 33.3. The maximum atomic E-state index is 13.6. The number of hydrogen-bond donors (Lipinski definition) is 2. The van der Waals surface area contributed by atoms with Crippen LogP contribution >= 0.6 is 0 Å². The standard InChI is InChI=1S/C23H29N5O2/c1-12-13(2)24-22(26-20(12)29)28-19(8-18(27-28)17-3-4-17)25-21(30)23-9-14-5-15(10-23)7-16(6-14)11-23/h8,14-17H,3-7,9-11H2,1-2H3,(H,25,30)(H,24,26,29). The van der Waals surface area contributed by atoms with Gasteiger partial charge in [-0.2, -0.15) is 9.78 Å². The fourth-order valence-electron chi connectivity index (χ4n) is 6.60. The van der Waals surface area contributed by atoms with Gasteiger partial charge >= 0.3 is 0 Å². The van der Waals surface area contributed by atoms with E-state index in [1.807, 2.05) is 13.0 Å². The van der Waals surface area contributed by atoms with Gasteiger partial charge < -0.3 is 5.32 Å². The topological polar surface area (TPSA) is 92.7 Å². The van der Waals surface area contributed by atoms with Gasteiger partial charge in [-0.25, -0.2) is 4.98 Å². The van der Waals surface area contributed by atoms with Crippen molar-refractivity contribution in [3.63, 3.8) is 0 Å². The van der Waals surface area contributed by atoms with Crippen LogP contribution in [0.4, 0.5) is 5.82 Å². The van der Waals surface area contributed by atoms with E-state index in [1.54, 1.807) is 11.6 Å². The highest BCUT2D eigenvalue weighted by atomic mass is 16.2. The second kappa shape index (κ2) is 6.28. The van der Waals surface area contributed by atoms with Crippen LogP contribution in [0.5, 0.6) is 0 Å². The van der Waals surface area contributed by atoms with Crippen LogP contribution in [0.15, 0.2) is 10.9 Å². The van der Waals surface area contributed by atoms with E-state index in [4.69, 9.17) is 5.10 Å². The minimum atomic E-state index is -0.229. The number of aryl methyl sites for hydroxylation is 1. The molecule has 2 aromatic heterocycles. The predicted octanol–water partition coefficient (Wildman–Crippen LogP) is 3.60. The lowest BCUT2D eigenvalue weighted by molar-refractivity contribution is -0.140. The SMILES string of the molecule is Cc1nc(-n2nc(C3CC3)cc2NC(=O)C23CC4CC(CC(C4)C2)C3)[nH]c(=O)c1C. The molecule has 2 heterocycles. The zero-order valence-electron chi connectivity index (χ0n) is 17.7. The second-order valence-corrected chi connectivity index (χ2v) is 10.4. The predicted molar refractivity (Wildman–Crippen MR) is 113 cm³/mol. The Balaban J connectivity index is 1.36. The average Bonchev–Trinajstić information content (AvgIpc) is 3.45. The first-order valence-corrected chi connectivity index (χ1v) is 11.4. The number of carbonyl (C=O) groups excluding carboxylic acids is 1. The number of rotatable bonds is 4. The van der Waals surface area contributed by atoms with E-state index in [-0.39, 0.29) is 16.9 Å². The Morgan fingerprint density at radius 2 is 1.77 bits per heavy atom. The Morgan fingerprint density at radius 1 is 1.13 bits per heavy atom. The molecule has 5 fully saturated rings. The molecule has 7 nitrogen and oxygen atoms in total. The monoisotopic (exact) mass is 407 g/mol. The molecule has 5 aliphatic rings. The number of carbonyl (C=O) groups is 1. The van der Waals surface area contributed by atoms with Crippen LogP contribution in [0.2, 0.25) is 0 Å². The third kappa shape index (κ3) is 2.85. The quantitative estimate of drug-likeness (QED) is 0.810. The number of nitrogens with zero attached hydrogens (tertiary/aromatic N) is 3. The maximum Gasteiger partial charge on any atom is 0.255 e. The van der Waals surface area contributed by atoms with Crippen LogP contribution < -0.4 is 10.9 Å². The molecular formula is C23H29N5O2. The zero-order chi connectivity index (χ0) is 20.6. The lowest BCUT2D eigenvalue weighted by Gasteiger charge is -2.55. The number of anilines is 1. The van der Waals surface area contributed by atoms with Gasteiger partial charge in [0, 0.05) is 23.2 Å². The van der Waals surface area contributed by atoms with Gasteiger partial charge in [0.2, 0.25) is 11.9 Å². The van der Waals surface area contributed by atoms with E-state index < -0.39 is 0 Å². The number of hydrogen-bond acceptors (Lipinski definition) is 4. The molecule has 7 heteroatoms. The molecule has 2 aromatic rings. The Bertz CT molecular complexity index is 1060. The summed E-state index contributed by atoms with van der Waals surface area (Å²) < 4.78 is 1.62. The van der Waals surface area contributed by atoms with E-state index in [0.29, 0.717) is 46.7 Å². The van der Waals surface area contributed by atoms with E-state index in [1.165, 1.54) is 19.3 Å². The van der Waals surface area contributed by atoms with E-state index in [2.05, 4.69) is 15.3 Å². The van der Waals surface area contributed by atoms with Gasteiger partial charge in [-0.3, -0.25) is 14.6 Å². The van der Waals surface area contributed by atoms with E-state index in [9.17, 15) is 9.59 Å². The number of nitrogens with one attached hydrogen (secondary N) is 2. The highest BCUT2D eigenvalue weighted by Crippen LogP contribution is 2.60. The number of aromatic nitrogens is 4. The first-order chi connectivity index (χ1) is 14.4. The first-order valence-electron chi connectivity index (χ1n) is 11.4. The highest BCUT2D eigenvalue weighted by Gasteiger charge is 2.54. The summed E-state index contributed by atoms with van der Waals surface area (Å²) >= 11 is 0. The Hall–Kier alpha value is -2.44. The lowest BCUT2D eigenvalue weighted by Crippen LogP contribution is -2.51. The van der Waals surface area contributed by atoms with Gasteiger partial charge in [0.1, 0.15) is 5.82 Å². The minimum absolute atomic E-state index is 0.135. The van der Waals surface area contributed by atoms with Crippen LogP contribution in [0.25, 0.3) is 5.95 Å². The van der Waals surface area contributed by atoms with Crippen molar-refractivity contribution in [3.05, 3.63) is 33.4 Å². The van der Waals surface area contributed by atoms with Crippen LogP contribution in [-0.2, 0) is 4.79 Å². The molecule has 0 atom stereocenters. The van der Waals surface area contributed by atoms with Crippen molar-refractivity contribution in [2.75, 3.05) is 5.32 Å². The molecule has 0 unspecified atom stereocenters. The highest BCUT2D eigenvalue weighted by molar-refractivity contribution is 5.95. The smallest absolute Gasteiger partial charge is 0.255 e. The summed E-state index contributed by atoms with van der Waals surface area (Å²) in [5.74, 6) is 3.72. The first kappa shape index (κ1) is 18.3. The largest absolute Gasteiger partial charge is 0.310 e. The molecule has 158 valence electrons. The van der Waals surface area contributed by atoms with Gasteiger partial charge in [0.25, 0.3) is 5.56 Å². The summed E-state index contributed by atoms with van der Waals surface area (Å²) in [5, 5.41) is 7.95. The van der Waals surface area contributed by atoms with Crippen molar-refractivity contribution >= 4 is 11.7 Å². The molecule has 0 spiro atoms. The van der Waals surface area contributed by atoms with Crippen LogP contribution in [0, 0.1) is 37.0 Å². The fourth-order valence-corrected chi connectivity index (χ4v) is 6.60. The Labute approximate surface area is 175 Å². The van der Waals surface area contributed by atoms with Crippen molar-refractivity contribution < 1.29 is 4.79 Å². The molecule has 1 amide bonds.